The number of halogens is 2. The summed E-state index contributed by atoms with van der Waals surface area (Å²) in [6.45, 7) is 2.56. The van der Waals surface area contributed by atoms with E-state index < -0.39 is 0 Å². The lowest BCUT2D eigenvalue weighted by molar-refractivity contribution is 0.0954. The molecule has 0 atom stereocenters. The number of rotatable bonds is 5. The number of anilines is 1. The summed E-state index contributed by atoms with van der Waals surface area (Å²) < 4.78 is 0.751. The second-order valence-electron chi connectivity index (χ2n) is 4.88. The Morgan fingerprint density at radius 2 is 1.83 bits per heavy atom. The summed E-state index contributed by atoms with van der Waals surface area (Å²) in [4.78, 5) is 24.6. The lowest BCUT2D eigenvalue weighted by Crippen LogP contribution is -2.25. The summed E-state index contributed by atoms with van der Waals surface area (Å²) >= 11 is 9.38. The third-order valence-corrected chi connectivity index (χ3v) is 3.95. The van der Waals surface area contributed by atoms with Gasteiger partial charge >= 0.3 is 0 Å². The third-order valence-electron chi connectivity index (χ3n) is 3.13. The fourth-order valence-electron chi connectivity index (χ4n) is 1.99. The van der Waals surface area contributed by atoms with Gasteiger partial charge in [-0.05, 0) is 36.8 Å². The van der Waals surface area contributed by atoms with Gasteiger partial charge in [-0.25, -0.2) is 0 Å². The average molecular weight is 396 g/mol. The van der Waals surface area contributed by atoms with Crippen molar-refractivity contribution in [2.24, 2.45) is 0 Å². The van der Waals surface area contributed by atoms with Gasteiger partial charge in [0.25, 0.3) is 11.8 Å². The second kappa shape index (κ2) is 8.13. The molecule has 2 N–H and O–H groups in total. The molecule has 0 aliphatic rings. The Labute approximate surface area is 148 Å². The lowest BCUT2D eigenvalue weighted by atomic mass is 10.1. The Bertz CT molecular complexity index is 734. The molecule has 4 nitrogen and oxygen atoms in total. The van der Waals surface area contributed by atoms with Crippen molar-refractivity contribution in [2.45, 2.75) is 13.3 Å². The van der Waals surface area contributed by atoms with Gasteiger partial charge < -0.3 is 10.6 Å². The molecule has 0 aromatic heterocycles. The molecule has 2 aromatic rings. The van der Waals surface area contributed by atoms with E-state index in [1.54, 1.807) is 42.5 Å². The van der Waals surface area contributed by atoms with Crippen LogP contribution >= 0.6 is 27.5 Å². The topological polar surface area (TPSA) is 58.2 Å². The molecule has 0 fully saturated rings. The number of carbonyl (C=O) groups excluding carboxylic acids is 2. The molecule has 2 amide bonds. The van der Waals surface area contributed by atoms with Crippen LogP contribution in [0.25, 0.3) is 0 Å². The highest BCUT2D eigenvalue weighted by Gasteiger charge is 2.15. The number of hydrogen-bond acceptors (Lipinski definition) is 2. The Hall–Kier alpha value is -1.85. The highest BCUT2D eigenvalue weighted by Crippen LogP contribution is 2.23. The molecular formula is C17H16BrClN2O2. The Kier molecular flexibility index (Phi) is 6.19. The average Bonchev–Trinajstić information content (AvgIpc) is 2.55. The van der Waals surface area contributed by atoms with E-state index in [9.17, 15) is 9.59 Å². The minimum Gasteiger partial charge on any atom is -0.352 e. The van der Waals surface area contributed by atoms with Crippen LogP contribution in [-0.2, 0) is 0 Å². The van der Waals surface area contributed by atoms with Gasteiger partial charge in [0.1, 0.15) is 0 Å². The Morgan fingerprint density at radius 3 is 2.57 bits per heavy atom. The molecule has 0 saturated carbocycles. The van der Waals surface area contributed by atoms with Gasteiger partial charge in [0.05, 0.1) is 21.8 Å². The first-order chi connectivity index (χ1) is 11.0. The standard InChI is InChI=1S/C17H16BrClN2O2/c1-2-9-20-16(22)12-5-3-4-6-15(12)21-17(23)13-10-11(18)7-8-14(13)19/h3-8,10H,2,9H2,1H3,(H,20,22)(H,21,23). The number of carbonyl (C=O) groups is 2. The van der Waals surface area contributed by atoms with Crippen molar-refractivity contribution < 1.29 is 9.59 Å². The first-order valence-corrected chi connectivity index (χ1v) is 8.33. The van der Waals surface area contributed by atoms with Crippen LogP contribution < -0.4 is 10.6 Å². The van der Waals surface area contributed by atoms with E-state index in [-0.39, 0.29) is 11.8 Å². The highest BCUT2D eigenvalue weighted by molar-refractivity contribution is 9.10. The van der Waals surface area contributed by atoms with E-state index in [0.29, 0.717) is 28.4 Å². The van der Waals surface area contributed by atoms with Gasteiger partial charge in [0, 0.05) is 11.0 Å². The summed E-state index contributed by atoms with van der Waals surface area (Å²) in [7, 11) is 0. The van der Waals surface area contributed by atoms with E-state index in [2.05, 4.69) is 26.6 Å². The largest absolute Gasteiger partial charge is 0.352 e. The summed E-state index contributed by atoms with van der Waals surface area (Å²) in [5.74, 6) is -0.588. The van der Waals surface area contributed by atoms with Crippen molar-refractivity contribution >= 4 is 45.0 Å². The van der Waals surface area contributed by atoms with Crippen LogP contribution in [0.1, 0.15) is 34.1 Å². The predicted molar refractivity (Wildman–Crippen MR) is 96.2 cm³/mol. The van der Waals surface area contributed by atoms with Crippen molar-refractivity contribution in [3.63, 3.8) is 0 Å². The quantitative estimate of drug-likeness (QED) is 0.783. The van der Waals surface area contributed by atoms with Crippen molar-refractivity contribution in [1.29, 1.82) is 0 Å². The molecule has 2 aromatic carbocycles. The number of benzene rings is 2. The smallest absolute Gasteiger partial charge is 0.257 e. The monoisotopic (exact) mass is 394 g/mol. The number of para-hydroxylation sites is 1. The maximum absolute atomic E-state index is 12.4. The molecule has 0 aliphatic carbocycles. The summed E-state index contributed by atoms with van der Waals surface area (Å²) in [6.07, 6.45) is 0.841. The van der Waals surface area contributed by atoms with E-state index in [4.69, 9.17) is 11.6 Å². The van der Waals surface area contributed by atoms with E-state index in [1.165, 1.54) is 0 Å². The Balaban J connectivity index is 2.24. The van der Waals surface area contributed by atoms with Crippen LogP contribution in [0.15, 0.2) is 46.9 Å². The van der Waals surface area contributed by atoms with Crippen molar-refractivity contribution in [2.75, 3.05) is 11.9 Å². The van der Waals surface area contributed by atoms with Crippen LogP contribution in [0.5, 0.6) is 0 Å². The molecule has 23 heavy (non-hydrogen) atoms. The number of hydrogen-bond donors (Lipinski definition) is 2. The maximum Gasteiger partial charge on any atom is 0.257 e. The fraction of sp³-hybridized carbons (Fsp3) is 0.176. The SMILES string of the molecule is CCCNC(=O)c1ccccc1NC(=O)c1cc(Br)ccc1Cl. The van der Waals surface area contributed by atoms with Gasteiger partial charge in [-0.1, -0.05) is 46.6 Å². The van der Waals surface area contributed by atoms with Gasteiger partial charge in [0.2, 0.25) is 0 Å². The van der Waals surface area contributed by atoms with Gasteiger partial charge in [-0.2, -0.15) is 0 Å². The molecule has 0 aliphatic heterocycles. The first kappa shape index (κ1) is 17.5. The lowest BCUT2D eigenvalue weighted by Gasteiger charge is -2.12. The number of amides is 2. The molecule has 0 heterocycles. The molecule has 120 valence electrons. The molecule has 0 unspecified atom stereocenters. The van der Waals surface area contributed by atoms with E-state index in [0.717, 1.165) is 10.9 Å². The van der Waals surface area contributed by atoms with E-state index in [1.807, 2.05) is 6.92 Å². The molecule has 6 heteroatoms. The molecule has 0 spiro atoms. The van der Waals surface area contributed by atoms with Crippen molar-refractivity contribution in [1.82, 2.24) is 5.32 Å². The van der Waals surface area contributed by atoms with Crippen molar-refractivity contribution in [3.05, 3.63) is 63.1 Å². The van der Waals surface area contributed by atoms with E-state index >= 15 is 0 Å². The molecule has 0 bridgehead atoms. The minimum atomic E-state index is -0.368. The molecule has 0 radical (unpaired) electrons. The molecular weight excluding hydrogens is 380 g/mol. The first-order valence-electron chi connectivity index (χ1n) is 7.16. The van der Waals surface area contributed by atoms with Crippen molar-refractivity contribution in [3.8, 4) is 0 Å². The van der Waals surface area contributed by atoms with Gasteiger partial charge in [-0.3, -0.25) is 9.59 Å². The third kappa shape index (κ3) is 4.56. The highest BCUT2D eigenvalue weighted by atomic mass is 79.9. The normalized spacial score (nSPS) is 10.2. The van der Waals surface area contributed by atoms with Crippen LogP contribution in [0.2, 0.25) is 5.02 Å². The minimum absolute atomic E-state index is 0.219. The zero-order valence-electron chi connectivity index (χ0n) is 12.5. The zero-order chi connectivity index (χ0) is 16.8. The Morgan fingerprint density at radius 1 is 1.09 bits per heavy atom. The van der Waals surface area contributed by atoms with Gasteiger partial charge in [-0.15, -0.1) is 0 Å². The van der Waals surface area contributed by atoms with Crippen LogP contribution in [0.3, 0.4) is 0 Å². The molecule has 0 saturated heterocycles. The summed E-state index contributed by atoms with van der Waals surface area (Å²) in [5, 5.41) is 5.89. The summed E-state index contributed by atoms with van der Waals surface area (Å²) in [5.41, 5.74) is 1.20. The van der Waals surface area contributed by atoms with Gasteiger partial charge in [0.15, 0.2) is 0 Å². The van der Waals surface area contributed by atoms with Crippen LogP contribution in [0, 0.1) is 0 Å². The fourth-order valence-corrected chi connectivity index (χ4v) is 2.55. The summed E-state index contributed by atoms with van der Waals surface area (Å²) in [6, 6.07) is 11.9. The maximum atomic E-state index is 12.4. The predicted octanol–water partition coefficient (Wildman–Crippen LogP) is 4.49. The number of nitrogens with one attached hydrogen (secondary N) is 2. The van der Waals surface area contributed by atoms with Crippen LogP contribution in [0.4, 0.5) is 5.69 Å². The molecule has 2 rings (SSSR count). The second-order valence-corrected chi connectivity index (χ2v) is 6.20. The zero-order valence-corrected chi connectivity index (χ0v) is 14.9. The van der Waals surface area contributed by atoms with Crippen LogP contribution in [-0.4, -0.2) is 18.4 Å².